The SMILES string of the molecule is O=[N+]([O-])c1ccc(CC(CNCCNCc2ccccc2)NCc2ccccc2)cc1. The van der Waals surface area contributed by atoms with Crippen LogP contribution in [0.3, 0.4) is 0 Å². The zero-order valence-electron chi connectivity index (χ0n) is 17.7. The lowest BCUT2D eigenvalue weighted by atomic mass is 10.0. The van der Waals surface area contributed by atoms with Crippen LogP contribution in [-0.2, 0) is 19.5 Å². The molecule has 0 amide bonds. The molecule has 0 saturated carbocycles. The second-order valence-corrected chi connectivity index (χ2v) is 7.56. The summed E-state index contributed by atoms with van der Waals surface area (Å²) in [7, 11) is 0. The van der Waals surface area contributed by atoms with Crippen molar-refractivity contribution in [3.63, 3.8) is 0 Å². The van der Waals surface area contributed by atoms with Gasteiger partial charge in [0.15, 0.2) is 0 Å². The summed E-state index contributed by atoms with van der Waals surface area (Å²) in [6.07, 6.45) is 0.801. The lowest BCUT2D eigenvalue weighted by Gasteiger charge is -2.20. The molecule has 3 N–H and O–H groups in total. The van der Waals surface area contributed by atoms with Gasteiger partial charge in [-0.15, -0.1) is 0 Å². The molecule has 0 radical (unpaired) electrons. The van der Waals surface area contributed by atoms with Crippen molar-refractivity contribution >= 4 is 5.69 Å². The minimum atomic E-state index is -0.362. The van der Waals surface area contributed by atoms with Gasteiger partial charge in [-0.3, -0.25) is 10.1 Å². The van der Waals surface area contributed by atoms with E-state index in [0.717, 1.165) is 44.7 Å². The summed E-state index contributed by atoms with van der Waals surface area (Å²) in [5, 5.41) is 21.5. The fourth-order valence-electron chi connectivity index (χ4n) is 3.39. The minimum Gasteiger partial charge on any atom is -0.314 e. The van der Waals surface area contributed by atoms with Gasteiger partial charge >= 0.3 is 0 Å². The summed E-state index contributed by atoms with van der Waals surface area (Å²) in [6.45, 7) is 4.22. The number of nitro groups is 1. The highest BCUT2D eigenvalue weighted by atomic mass is 16.6. The smallest absolute Gasteiger partial charge is 0.269 e. The summed E-state index contributed by atoms with van der Waals surface area (Å²) in [6, 6.07) is 27.7. The van der Waals surface area contributed by atoms with Crippen LogP contribution >= 0.6 is 0 Å². The Balaban J connectivity index is 1.46. The number of nitro benzene ring substituents is 1. The molecule has 1 atom stereocenters. The van der Waals surface area contributed by atoms with Gasteiger partial charge in [0.1, 0.15) is 0 Å². The number of hydrogen-bond acceptors (Lipinski definition) is 5. The Morgan fingerprint density at radius 3 is 1.90 bits per heavy atom. The first-order chi connectivity index (χ1) is 15.2. The van der Waals surface area contributed by atoms with Gasteiger partial charge in [0.25, 0.3) is 5.69 Å². The normalized spacial score (nSPS) is 11.9. The Morgan fingerprint density at radius 1 is 0.710 bits per heavy atom. The lowest BCUT2D eigenvalue weighted by Crippen LogP contribution is -2.41. The van der Waals surface area contributed by atoms with Crippen molar-refractivity contribution in [2.24, 2.45) is 0 Å². The molecule has 162 valence electrons. The van der Waals surface area contributed by atoms with Crippen molar-refractivity contribution in [1.82, 2.24) is 16.0 Å². The molecule has 0 spiro atoms. The summed E-state index contributed by atoms with van der Waals surface area (Å²) in [5.74, 6) is 0. The van der Waals surface area contributed by atoms with E-state index in [9.17, 15) is 10.1 Å². The predicted molar refractivity (Wildman–Crippen MR) is 125 cm³/mol. The predicted octanol–water partition coefficient (Wildman–Crippen LogP) is 3.68. The molecule has 3 aromatic rings. The van der Waals surface area contributed by atoms with E-state index in [0.29, 0.717) is 0 Å². The van der Waals surface area contributed by atoms with E-state index in [2.05, 4.69) is 52.3 Å². The maximum Gasteiger partial charge on any atom is 0.269 e. The summed E-state index contributed by atoms with van der Waals surface area (Å²) in [5.41, 5.74) is 3.73. The topological polar surface area (TPSA) is 79.2 Å². The molecule has 0 aromatic heterocycles. The van der Waals surface area contributed by atoms with Crippen molar-refractivity contribution in [1.29, 1.82) is 0 Å². The van der Waals surface area contributed by atoms with Crippen LogP contribution in [0.1, 0.15) is 16.7 Å². The zero-order chi connectivity index (χ0) is 21.7. The van der Waals surface area contributed by atoms with E-state index < -0.39 is 0 Å². The average molecular weight is 419 g/mol. The lowest BCUT2D eigenvalue weighted by molar-refractivity contribution is -0.384. The maximum absolute atomic E-state index is 10.9. The molecule has 31 heavy (non-hydrogen) atoms. The summed E-state index contributed by atoms with van der Waals surface area (Å²) in [4.78, 5) is 10.5. The van der Waals surface area contributed by atoms with Crippen molar-refractivity contribution in [2.45, 2.75) is 25.6 Å². The van der Waals surface area contributed by atoms with E-state index in [4.69, 9.17) is 0 Å². The minimum absolute atomic E-state index is 0.125. The zero-order valence-corrected chi connectivity index (χ0v) is 17.7. The van der Waals surface area contributed by atoms with Gasteiger partial charge in [-0.25, -0.2) is 0 Å². The third-order valence-corrected chi connectivity index (χ3v) is 5.11. The van der Waals surface area contributed by atoms with Crippen LogP contribution in [-0.4, -0.2) is 30.6 Å². The number of hydrogen-bond donors (Lipinski definition) is 3. The third-order valence-electron chi connectivity index (χ3n) is 5.11. The van der Waals surface area contributed by atoms with E-state index in [1.807, 2.05) is 36.4 Å². The Labute approximate surface area is 183 Å². The highest BCUT2D eigenvalue weighted by molar-refractivity contribution is 5.33. The largest absolute Gasteiger partial charge is 0.314 e. The van der Waals surface area contributed by atoms with Crippen LogP contribution in [0.5, 0.6) is 0 Å². The second-order valence-electron chi connectivity index (χ2n) is 7.56. The molecule has 3 rings (SSSR count). The molecule has 0 bridgehead atoms. The van der Waals surface area contributed by atoms with E-state index in [-0.39, 0.29) is 16.7 Å². The van der Waals surface area contributed by atoms with Crippen molar-refractivity contribution in [3.8, 4) is 0 Å². The molecular formula is C25H30N4O2. The summed E-state index contributed by atoms with van der Waals surface area (Å²) < 4.78 is 0. The molecule has 1 unspecified atom stereocenters. The molecule has 0 fully saturated rings. The van der Waals surface area contributed by atoms with Crippen LogP contribution < -0.4 is 16.0 Å². The average Bonchev–Trinajstić information content (AvgIpc) is 2.81. The first-order valence-electron chi connectivity index (χ1n) is 10.7. The molecule has 0 aliphatic carbocycles. The van der Waals surface area contributed by atoms with Crippen LogP contribution in [0.2, 0.25) is 0 Å². The molecule has 0 heterocycles. The molecule has 0 aliphatic rings. The van der Waals surface area contributed by atoms with Crippen LogP contribution in [0.25, 0.3) is 0 Å². The number of nitrogens with zero attached hydrogens (tertiary/aromatic N) is 1. The molecule has 6 heteroatoms. The Hall–Kier alpha value is -3.06. The summed E-state index contributed by atoms with van der Waals surface area (Å²) >= 11 is 0. The number of benzene rings is 3. The van der Waals surface area contributed by atoms with Gasteiger partial charge in [0, 0.05) is 50.9 Å². The molecular weight excluding hydrogens is 388 g/mol. The molecule has 3 aromatic carbocycles. The first kappa shape index (κ1) is 22.6. The van der Waals surface area contributed by atoms with Crippen molar-refractivity contribution in [2.75, 3.05) is 19.6 Å². The van der Waals surface area contributed by atoms with Gasteiger partial charge in [-0.2, -0.15) is 0 Å². The van der Waals surface area contributed by atoms with Gasteiger partial charge in [-0.05, 0) is 23.1 Å². The third kappa shape index (κ3) is 8.30. The Kier molecular flexibility index (Phi) is 9.19. The number of nitrogens with one attached hydrogen (secondary N) is 3. The Bertz CT molecular complexity index is 902. The molecule has 0 saturated heterocycles. The van der Waals surface area contributed by atoms with Gasteiger partial charge in [0.2, 0.25) is 0 Å². The number of rotatable bonds is 13. The maximum atomic E-state index is 10.9. The van der Waals surface area contributed by atoms with E-state index in [1.165, 1.54) is 11.1 Å². The quantitative estimate of drug-likeness (QED) is 0.224. The van der Waals surface area contributed by atoms with Gasteiger partial charge in [-0.1, -0.05) is 72.8 Å². The van der Waals surface area contributed by atoms with Crippen molar-refractivity contribution < 1.29 is 4.92 Å². The fourth-order valence-corrected chi connectivity index (χ4v) is 3.39. The Morgan fingerprint density at radius 2 is 1.29 bits per heavy atom. The van der Waals surface area contributed by atoms with Crippen LogP contribution in [0.15, 0.2) is 84.9 Å². The highest BCUT2D eigenvalue weighted by Crippen LogP contribution is 2.13. The standard InChI is InChI=1S/C25H30N4O2/c30-29(31)25-13-11-21(12-14-25)17-24(28-19-23-9-5-2-6-10-23)20-27-16-15-26-18-22-7-3-1-4-8-22/h1-14,24,26-28H,15-20H2. The highest BCUT2D eigenvalue weighted by Gasteiger charge is 2.11. The van der Waals surface area contributed by atoms with Crippen LogP contribution in [0, 0.1) is 10.1 Å². The first-order valence-corrected chi connectivity index (χ1v) is 10.7. The fraction of sp³-hybridized carbons (Fsp3) is 0.280. The van der Waals surface area contributed by atoms with E-state index in [1.54, 1.807) is 12.1 Å². The van der Waals surface area contributed by atoms with Gasteiger partial charge < -0.3 is 16.0 Å². The second kappa shape index (κ2) is 12.6. The van der Waals surface area contributed by atoms with Crippen molar-refractivity contribution in [3.05, 3.63) is 112 Å². The number of non-ortho nitro benzene ring substituents is 1. The van der Waals surface area contributed by atoms with E-state index >= 15 is 0 Å². The van der Waals surface area contributed by atoms with Gasteiger partial charge in [0.05, 0.1) is 4.92 Å². The monoisotopic (exact) mass is 418 g/mol. The molecule has 6 nitrogen and oxygen atoms in total. The van der Waals surface area contributed by atoms with Crippen LogP contribution in [0.4, 0.5) is 5.69 Å². The molecule has 0 aliphatic heterocycles.